The van der Waals surface area contributed by atoms with E-state index in [-0.39, 0.29) is 18.1 Å². The molecule has 2 aliphatic rings. The second kappa shape index (κ2) is 17.9. The lowest BCUT2D eigenvalue weighted by atomic mass is 10.1. The number of allylic oxidation sites excluding steroid dienone is 8. The highest BCUT2D eigenvalue weighted by molar-refractivity contribution is 7.94. The molecule has 0 bridgehead atoms. The van der Waals surface area contributed by atoms with E-state index in [1.54, 1.807) is 11.3 Å². The van der Waals surface area contributed by atoms with Crippen molar-refractivity contribution >= 4 is 29.0 Å². The molecule has 3 N–H and O–H groups in total. The zero-order valence-electron chi connectivity index (χ0n) is 25.6. The summed E-state index contributed by atoms with van der Waals surface area (Å²) in [6, 6.07) is 0.176. The van der Waals surface area contributed by atoms with Gasteiger partial charge in [-0.1, -0.05) is 76.1 Å². The third kappa shape index (κ3) is 11.0. The lowest BCUT2D eigenvalue weighted by Gasteiger charge is -2.18. The number of ether oxygens (including phenoxy) is 1. The molecular weight excluding hydrogens is 549 g/mol. The third-order valence-electron chi connectivity index (χ3n) is 7.53. The standard InChI is InChI=1S/C33H50N4O2S2/c1-7-9-10-20-34-21-22-37(38)41-36-30-18-15-24(3)29(30)13-11-12-26(5)32-23-35-33(40-32)28-16-14-25(4)31(19-17-28)39-27(6)8-2/h11-14,17,19,23,26-27,30,34,36,38H,3,7-10,15-16,18,20-22H2,1-2,4-6H3/b12-11-,29-13+. The second-order valence-corrected chi connectivity index (χ2v) is 12.9. The van der Waals surface area contributed by atoms with Crippen molar-refractivity contribution in [3.05, 3.63) is 81.6 Å². The maximum atomic E-state index is 10.2. The molecule has 3 unspecified atom stereocenters. The molecule has 0 spiro atoms. The molecule has 0 amide bonds. The minimum atomic E-state index is 0.176. The first-order valence-corrected chi connectivity index (χ1v) is 16.8. The third-order valence-corrected chi connectivity index (χ3v) is 9.59. The summed E-state index contributed by atoms with van der Waals surface area (Å²) in [5.41, 5.74) is 4.78. The quantitative estimate of drug-likeness (QED) is 0.0943. The van der Waals surface area contributed by atoms with Crippen molar-refractivity contribution in [3.63, 3.8) is 0 Å². The van der Waals surface area contributed by atoms with Crippen LogP contribution in [-0.4, -0.2) is 46.4 Å². The van der Waals surface area contributed by atoms with Gasteiger partial charge in [0.05, 0.1) is 6.10 Å². The molecule has 0 aliphatic heterocycles. The van der Waals surface area contributed by atoms with Gasteiger partial charge in [-0.25, -0.2) is 9.71 Å². The average molecular weight is 599 g/mol. The van der Waals surface area contributed by atoms with Gasteiger partial charge in [-0.15, -0.1) is 15.8 Å². The van der Waals surface area contributed by atoms with E-state index in [9.17, 15) is 5.21 Å². The van der Waals surface area contributed by atoms with E-state index in [0.717, 1.165) is 55.1 Å². The maximum absolute atomic E-state index is 10.2. The van der Waals surface area contributed by atoms with Gasteiger partial charge in [-0.3, -0.25) is 0 Å². The molecule has 1 aromatic heterocycles. The number of hydrogen-bond acceptors (Lipinski definition) is 8. The van der Waals surface area contributed by atoms with Crippen LogP contribution < -0.4 is 10.0 Å². The number of nitrogens with zero attached hydrogens (tertiary/aromatic N) is 2. The Hall–Kier alpha value is -1.94. The van der Waals surface area contributed by atoms with Crippen LogP contribution >= 0.6 is 23.5 Å². The predicted molar refractivity (Wildman–Crippen MR) is 177 cm³/mol. The highest BCUT2D eigenvalue weighted by atomic mass is 32.2. The summed E-state index contributed by atoms with van der Waals surface area (Å²) in [7, 11) is 0. The molecule has 1 aromatic rings. The van der Waals surface area contributed by atoms with Crippen molar-refractivity contribution in [1.29, 1.82) is 0 Å². The normalized spacial score (nSPS) is 20.4. The van der Waals surface area contributed by atoms with Crippen LogP contribution in [0.4, 0.5) is 0 Å². The molecule has 3 atom stereocenters. The first-order valence-electron chi connectivity index (χ1n) is 15.2. The van der Waals surface area contributed by atoms with Crippen LogP contribution in [0, 0.1) is 0 Å². The smallest absolute Gasteiger partial charge is 0.122 e. The molecule has 226 valence electrons. The van der Waals surface area contributed by atoms with Crippen LogP contribution in [-0.2, 0) is 4.74 Å². The van der Waals surface area contributed by atoms with Crippen LogP contribution in [0.5, 0.6) is 0 Å². The Morgan fingerprint density at radius 3 is 2.88 bits per heavy atom. The summed E-state index contributed by atoms with van der Waals surface area (Å²) in [6.07, 6.45) is 22.7. The fraction of sp³-hybridized carbons (Fsp3) is 0.545. The first kappa shape index (κ1) is 33.6. The Labute approximate surface area is 256 Å². The van der Waals surface area contributed by atoms with Gasteiger partial charge in [0.1, 0.15) is 10.8 Å². The zero-order valence-corrected chi connectivity index (χ0v) is 27.3. The fourth-order valence-electron chi connectivity index (χ4n) is 4.59. The van der Waals surface area contributed by atoms with E-state index in [1.165, 1.54) is 57.5 Å². The van der Waals surface area contributed by atoms with E-state index >= 15 is 0 Å². The van der Waals surface area contributed by atoms with E-state index in [1.807, 2.05) is 6.20 Å². The van der Waals surface area contributed by atoms with Gasteiger partial charge in [0.15, 0.2) is 0 Å². The molecular formula is C33H50N4O2S2. The first-order chi connectivity index (χ1) is 19.8. The molecule has 0 saturated heterocycles. The molecule has 41 heavy (non-hydrogen) atoms. The van der Waals surface area contributed by atoms with E-state index < -0.39 is 0 Å². The molecule has 8 heteroatoms. The Morgan fingerprint density at radius 1 is 1.27 bits per heavy atom. The largest absolute Gasteiger partial charge is 0.490 e. The number of aromatic nitrogens is 1. The molecule has 0 aromatic carbocycles. The maximum Gasteiger partial charge on any atom is 0.122 e. The summed E-state index contributed by atoms with van der Waals surface area (Å²) in [5.74, 6) is 1.21. The van der Waals surface area contributed by atoms with E-state index in [2.05, 4.69) is 87.7 Å². The SMILES string of the molecule is C=C1CCC(NSN(O)CCNCCCCC)/C1=C/C=C\C(C)c1cnc(C2=CC=C(OC(C)CC)C(C)=CC2)s1. The summed E-state index contributed by atoms with van der Waals surface area (Å²) < 4.78 is 10.8. The number of nitrogens with one attached hydrogen (secondary N) is 2. The van der Waals surface area contributed by atoms with Crippen LogP contribution in [0.3, 0.4) is 0 Å². The van der Waals surface area contributed by atoms with Gasteiger partial charge in [0.25, 0.3) is 0 Å². The molecule has 1 saturated carbocycles. The molecule has 2 aliphatic carbocycles. The summed E-state index contributed by atoms with van der Waals surface area (Å²) >= 11 is 3.03. The molecule has 1 heterocycles. The van der Waals surface area contributed by atoms with Crippen molar-refractivity contribution in [2.45, 2.75) is 97.6 Å². The Kier molecular flexibility index (Phi) is 14.6. The van der Waals surface area contributed by atoms with Gasteiger partial charge in [0, 0.05) is 48.3 Å². The fourth-order valence-corrected chi connectivity index (χ4v) is 6.24. The van der Waals surface area contributed by atoms with Gasteiger partial charge in [0.2, 0.25) is 0 Å². The summed E-state index contributed by atoms with van der Waals surface area (Å²) in [6.45, 7) is 17.4. The highest BCUT2D eigenvalue weighted by Crippen LogP contribution is 2.33. The van der Waals surface area contributed by atoms with Crippen molar-refractivity contribution in [3.8, 4) is 0 Å². The van der Waals surface area contributed by atoms with Gasteiger partial charge >= 0.3 is 0 Å². The number of hydroxylamine groups is 1. The minimum Gasteiger partial charge on any atom is -0.490 e. The van der Waals surface area contributed by atoms with Gasteiger partial charge < -0.3 is 15.3 Å². The van der Waals surface area contributed by atoms with Crippen LogP contribution in [0.15, 0.2) is 71.7 Å². The Morgan fingerprint density at radius 2 is 2.10 bits per heavy atom. The van der Waals surface area contributed by atoms with Crippen LogP contribution in [0.1, 0.15) is 95.4 Å². The van der Waals surface area contributed by atoms with Crippen LogP contribution in [0.2, 0.25) is 0 Å². The van der Waals surface area contributed by atoms with Crippen molar-refractivity contribution in [2.75, 3.05) is 19.6 Å². The number of rotatable bonds is 17. The van der Waals surface area contributed by atoms with Gasteiger partial charge in [-0.05, 0) is 75.3 Å². The number of hydrogen-bond donors (Lipinski definition) is 3. The van der Waals surface area contributed by atoms with E-state index in [4.69, 9.17) is 9.72 Å². The minimum absolute atomic E-state index is 0.176. The van der Waals surface area contributed by atoms with Crippen LogP contribution in [0.25, 0.3) is 5.57 Å². The topological polar surface area (TPSA) is 69.7 Å². The Balaban J connectivity index is 1.53. The molecule has 6 nitrogen and oxygen atoms in total. The van der Waals surface area contributed by atoms with Crippen molar-refractivity contribution in [1.82, 2.24) is 19.5 Å². The lowest BCUT2D eigenvalue weighted by molar-refractivity contribution is 0.0170. The lowest BCUT2D eigenvalue weighted by Crippen LogP contribution is -2.31. The summed E-state index contributed by atoms with van der Waals surface area (Å²) in [4.78, 5) is 6.01. The molecule has 1 fully saturated rings. The summed E-state index contributed by atoms with van der Waals surface area (Å²) in [5, 5.41) is 14.7. The van der Waals surface area contributed by atoms with Crippen molar-refractivity contribution in [2.24, 2.45) is 0 Å². The molecule has 0 radical (unpaired) electrons. The molecule has 3 rings (SSSR count). The Bertz CT molecular complexity index is 1130. The van der Waals surface area contributed by atoms with Crippen molar-refractivity contribution < 1.29 is 9.94 Å². The average Bonchev–Trinajstić information content (AvgIpc) is 3.55. The predicted octanol–water partition coefficient (Wildman–Crippen LogP) is 8.50. The monoisotopic (exact) mass is 598 g/mol. The van der Waals surface area contributed by atoms with Gasteiger partial charge in [-0.2, -0.15) is 0 Å². The second-order valence-electron chi connectivity index (χ2n) is 11.0. The number of thiazole rings is 1. The highest BCUT2D eigenvalue weighted by Gasteiger charge is 2.24. The number of unbranched alkanes of at least 4 members (excludes halogenated alkanes) is 2. The van der Waals surface area contributed by atoms with E-state index in [0.29, 0.717) is 6.54 Å². The zero-order chi connectivity index (χ0) is 29.6.